The second kappa shape index (κ2) is 4.31. The Hall–Kier alpha value is -0.660. The number of nitriles is 1. The first kappa shape index (κ1) is 11.8. The maximum Gasteiger partial charge on any atom is 0.116 e. The lowest BCUT2D eigenvalue weighted by atomic mass is 10.1. The number of rotatable bonds is 0. The lowest BCUT2D eigenvalue weighted by molar-refractivity contribution is 0.696. The van der Waals surface area contributed by atoms with Crippen LogP contribution in [0.4, 0.5) is 5.69 Å². The number of thioether (sulfide) groups is 1. The van der Waals surface area contributed by atoms with Gasteiger partial charge in [0, 0.05) is 16.4 Å². The molecule has 0 aromatic heterocycles. The smallest absolute Gasteiger partial charge is 0.116 e. The van der Waals surface area contributed by atoms with E-state index in [0.29, 0.717) is 0 Å². The predicted molar refractivity (Wildman–Crippen MR) is 72.0 cm³/mol. The largest absolute Gasteiger partial charge is 0.368 e. The Balaban J connectivity index is 2.55. The number of aryl methyl sites for hydroxylation is 1. The molecule has 84 valence electrons. The Morgan fingerprint density at radius 1 is 1.50 bits per heavy atom. The third-order valence-electron chi connectivity index (χ3n) is 2.96. The van der Waals surface area contributed by atoms with Gasteiger partial charge in [-0.15, -0.1) is 11.8 Å². The lowest BCUT2D eigenvalue weighted by Gasteiger charge is -2.37. The summed E-state index contributed by atoms with van der Waals surface area (Å²) in [6, 6.07) is 6.88. The van der Waals surface area contributed by atoms with E-state index in [1.807, 2.05) is 7.05 Å². The molecule has 2 rings (SSSR count). The van der Waals surface area contributed by atoms with E-state index in [1.165, 1.54) is 16.1 Å². The highest BCUT2D eigenvalue weighted by atomic mass is 79.9. The summed E-state index contributed by atoms with van der Waals surface area (Å²) in [5, 5.41) is 9.14. The normalized spacial score (nSPS) is 23.8. The zero-order chi connectivity index (χ0) is 11.9. The summed E-state index contributed by atoms with van der Waals surface area (Å²) < 4.78 is 1.11. The molecule has 1 aliphatic rings. The van der Waals surface area contributed by atoms with Crippen molar-refractivity contribution in [2.75, 3.05) is 11.9 Å². The predicted octanol–water partition coefficient (Wildman–Crippen LogP) is 3.58. The van der Waals surface area contributed by atoms with Crippen LogP contribution in [0.25, 0.3) is 0 Å². The first-order valence-electron chi connectivity index (χ1n) is 5.14. The Bertz CT molecular complexity index is 467. The van der Waals surface area contributed by atoms with Gasteiger partial charge in [0.1, 0.15) is 5.25 Å². The van der Waals surface area contributed by atoms with Gasteiger partial charge in [0.05, 0.1) is 17.8 Å². The summed E-state index contributed by atoms with van der Waals surface area (Å²) in [5.74, 6) is 0. The molecular formula is C12H13BrN2S. The van der Waals surface area contributed by atoms with Crippen LogP contribution in [0.3, 0.4) is 0 Å². The van der Waals surface area contributed by atoms with Gasteiger partial charge in [0.25, 0.3) is 0 Å². The molecule has 1 heterocycles. The second-order valence-electron chi connectivity index (χ2n) is 4.11. The molecule has 0 spiro atoms. The topological polar surface area (TPSA) is 27.0 Å². The first-order valence-corrected chi connectivity index (χ1v) is 6.81. The van der Waals surface area contributed by atoms with Crippen molar-refractivity contribution in [2.24, 2.45) is 0 Å². The highest BCUT2D eigenvalue weighted by Crippen LogP contribution is 2.45. The van der Waals surface area contributed by atoms with Crippen molar-refractivity contribution < 1.29 is 0 Å². The molecule has 0 N–H and O–H groups in total. The maximum absolute atomic E-state index is 9.13. The second-order valence-corrected chi connectivity index (χ2v) is 6.15. The van der Waals surface area contributed by atoms with E-state index in [1.54, 1.807) is 11.8 Å². The Morgan fingerprint density at radius 2 is 2.19 bits per heavy atom. The van der Waals surface area contributed by atoms with E-state index in [2.05, 4.69) is 52.9 Å². The highest BCUT2D eigenvalue weighted by Gasteiger charge is 2.31. The molecule has 2 atom stereocenters. The third-order valence-corrected chi connectivity index (χ3v) is 4.88. The maximum atomic E-state index is 9.13. The van der Waals surface area contributed by atoms with Crippen LogP contribution in [0.5, 0.6) is 0 Å². The Morgan fingerprint density at radius 3 is 2.81 bits per heavy atom. The van der Waals surface area contributed by atoms with Crippen LogP contribution in [0.2, 0.25) is 0 Å². The van der Waals surface area contributed by atoms with E-state index < -0.39 is 0 Å². The van der Waals surface area contributed by atoms with Crippen LogP contribution in [0.15, 0.2) is 21.5 Å². The minimum atomic E-state index is 0.00574. The molecule has 0 bridgehead atoms. The zero-order valence-electron chi connectivity index (χ0n) is 9.49. The number of hydrogen-bond donors (Lipinski definition) is 0. The lowest BCUT2D eigenvalue weighted by Crippen LogP contribution is -2.40. The van der Waals surface area contributed by atoms with Gasteiger partial charge in [-0.2, -0.15) is 5.26 Å². The highest BCUT2D eigenvalue weighted by molar-refractivity contribution is 9.10. The van der Waals surface area contributed by atoms with Gasteiger partial charge in [-0.1, -0.05) is 0 Å². The molecule has 0 fully saturated rings. The van der Waals surface area contributed by atoms with Gasteiger partial charge in [0.2, 0.25) is 0 Å². The zero-order valence-corrected chi connectivity index (χ0v) is 11.9. The summed E-state index contributed by atoms with van der Waals surface area (Å²) in [5.41, 5.74) is 2.42. The number of anilines is 1. The van der Waals surface area contributed by atoms with Gasteiger partial charge < -0.3 is 4.90 Å². The third kappa shape index (κ3) is 1.83. The molecule has 1 aromatic rings. The van der Waals surface area contributed by atoms with Crippen molar-refractivity contribution in [3.8, 4) is 6.07 Å². The quantitative estimate of drug-likeness (QED) is 0.732. The van der Waals surface area contributed by atoms with Crippen LogP contribution >= 0.6 is 27.7 Å². The molecule has 0 radical (unpaired) electrons. The number of hydrogen-bond acceptors (Lipinski definition) is 3. The molecule has 16 heavy (non-hydrogen) atoms. The van der Waals surface area contributed by atoms with Gasteiger partial charge in [-0.25, -0.2) is 0 Å². The van der Waals surface area contributed by atoms with Crippen molar-refractivity contribution in [3.63, 3.8) is 0 Å². The standard InChI is InChI=1S/C12H13BrN2S/c1-7-4-9(13)12-10(5-7)16-11(6-14)8(2)15(12)3/h4-5,8,11H,1-3H3. The van der Waals surface area contributed by atoms with Crippen LogP contribution in [-0.4, -0.2) is 18.3 Å². The average molecular weight is 297 g/mol. The SMILES string of the molecule is Cc1cc(Br)c2c(c1)SC(C#N)C(C)N2C. The van der Waals surface area contributed by atoms with Crippen LogP contribution in [0.1, 0.15) is 12.5 Å². The summed E-state index contributed by atoms with van der Waals surface area (Å²) in [4.78, 5) is 3.38. The van der Waals surface area contributed by atoms with E-state index in [4.69, 9.17) is 5.26 Å². The first-order chi connectivity index (χ1) is 7.54. The molecule has 4 heteroatoms. The van der Waals surface area contributed by atoms with E-state index in [-0.39, 0.29) is 11.3 Å². The fraction of sp³-hybridized carbons (Fsp3) is 0.417. The molecule has 2 nitrogen and oxygen atoms in total. The minimum Gasteiger partial charge on any atom is -0.368 e. The van der Waals surface area contributed by atoms with Crippen LogP contribution < -0.4 is 4.90 Å². The number of benzene rings is 1. The number of fused-ring (bicyclic) bond motifs is 1. The molecule has 0 saturated carbocycles. The van der Waals surface area contributed by atoms with Gasteiger partial charge >= 0.3 is 0 Å². The molecule has 1 aromatic carbocycles. The van der Waals surface area contributed by atoms with Crippen molar-refractivity contribution in [1.82, 2.24) is 0 Å². The van der Waals surface area contributed by atoms with Gasteiger partial charge in [-0.05, 0) is 47.5 Å². The molecule has 0 aliphatic carbocycles. The van der Waals surface area contributed by atoms with E-state index in [9.17, 15) is 0 Å². The summed E-state index contributed by atoms with van der Waals surface area (Å²) >= 11 is 5.27. The summed E-state index contributed by atoms with van der Waals surface area (Å²) in [6.07, 6.45) is 0. The fourth-order valence-electron chi connectivity index (χ4n) is 1.91. The number of nitrogens with zero attached hydrogens (tertiary/aromatic N) is 2. The van der Waals surface area contributed by atoms with Crippen molar-refractivity contribution in [2.45, 2.75) is 30.0 Å². The van der Waals surface area contributed by atoms with Crippen molar-refractivity contribution in [1.29, 1.82) is 5.26 Å². The van der Waals surface area contributed by atoms with Crippen LogP contribution in [-0.2, 0) is 0 Å². The van der Waals surface area contributed by atoms with E-state index >= 15 is 0 Å². The van der Waals surface area contributed by atoms with E-state index in [0.717, 1.165) is 4.47 Å². The molecular weight excluding hydrogens is 284 g/mol. The Labute approximate surface area is 109 Å². The molecule has 0 saturated heterocycles. The molecule has 2 unspecified atom stereocenters. The molecule has 1 aliphatic heterocycles. The summed E-state index contributed by atoms with van der Waals surface area (Å²) in [7, 11) is 2.05. The van der Waals surface area contributed by atoms with Gasteiger partial charge in [-0.3, -0.25) is 0 Å². The number of halogens is 1. The molecule has 0 amide bonds. The minimum absolute atomic E-state index is 0.00574. The van der Waals surface area contributed by atoms with Crippen molar-refractivity contribution >= 4 is 33.4 Å². The Kier molecular flexibility index (Phi) is 3.18. The van der Waals surface area contributed by atoms with Crippen molar-refractivity contribution in [3.05, 3.63) is 22.2 Å². The average Bonchev–Trinajstić information content (AvgIpc) is 2.22. The summed E-state index contributed by atoms with van der Waals surface area (Å²) in [6.45, 7) is 4.17. The van der Waals surface area contributed by atoms with Gasteiger partial charge in [0.15, 0.2) is 0 Å². The monoisotopic (exact) mass is 296 g/mol. The fourth-order valence-corrected chi connectivity index (χ4v) is 4.22. The van der Waals surface area contributed by atoms with Crippen LogP contribution in [0, 0.1) is 18.3 Å².